The van der Waals surface area contributed by atoms with E-state index in [4.69, 9.17) is 0 Å². The summed E-state index contributed by atoms with van der Waals surface area (Å²) in [6, 6.07) is 12.5. The van der Waals surface area contributed by atoms with Gasteiger partial charge in [-0.1, -0.05) is 0 Å². The Morgan fingerprint density at radius 2 is 1.38 bits per heavy atom. The summed E-state index contributed by atoms with van der Waals surface area (Å²) < 4.78 is 0. The zero-order chi connectivity index (χ0) is 4.24. The summed E-state index contributed by atoms with van der Waals surface area (Å²) >= 11 is 0. The molecule has 0 aliphatic heterocycles. The first-order valence-electron chi connectivity index (χ1n) is 1.91. The minimum atomic E-state index is 0. The molecule has 0 heterocycles. The van der Waals surface area contributed by atoms with Crippen LogP contribution in [0.25, 0.3) is 0 Å². The zero-order valence-electron chi connectivity index (χ0n) is 4.69. The molecule has 2 heteroatoms. The van der Waals surface area contributed by atoms with Crippen LogP contribution in [0, 0.1) is 6.07 Å². The molecule has 0 amide bonds. The average Bonchev–Trinajstić information content (AvgIpc) is 1.72. The van der Waals surface area contributed by atoms with Gasteiger partial charge >= 0.3 is 17.1 Å². The van der Waals surface area contributed by atoms with Crippen LogP contribution in [-0.2, 0) is 17.1 Å². The smallest absolute Gasteiger partial charge is 0.184 e. The molecule has 0 fully saturated rings. The summed E-state index contributed by atoms with van der Waals surface area (Å²) in [5.41, 5.74) is 0. The van der Waals surface area contributed by atoms with Crippen molar-refractivity contribution >= 4 is 18.9 Å². The van der Waals surface area contributed by atoms with Crippen LogP contribution < -0.4 is 0 Å². The average molecular weight is 148 g/mol. The topological polar surface area (TPSA) is 0 Å². The summed E-state index contributed by atoms with van der Waals surface area (Å²) in [6.07, 6.45) is 0. The van der Waals surface area contributed by atoms with Crippen molar-refractivity contribution in [3.8, 4) is 0 Å². The molecular formula is C6H5CuLi. The molecule has 0 saturated carbocycles. The minimum Gasteiger partial charge on any atom is -0.184 e. The molecule has 0 aliphatic rings. The van der Waals surface area contributed by atoms with Gasteiger partial charge < -0.3 is 0 Å². The molecule has 1 aromatic rings. The van der Waals surface area contributed by atoms with E-state index in [-0.39, 0.29) is 35.9 Å². The van der Waals surface area contributed by atoms with Gasteiger partial charge in [0.15, 0.2) is 0 Å². The van der Waals surface area contributed by atoms with Crippen molar-refractivity contribution in [2.24, 2.45) is 0 Å². The van der Waals surface area contributed by atoms with E-state index in [1.54, 1.807) is 0 Å². The van der Waals surface area contributed by atoms with E-state index in [0.29, 0.717) is 0 Å². The Hall–Kier alpha value is 0.337. The van der Waals surface area contributed by atoms with Crippen LogP contribution in [0.15, 0.2) is 30.3 Å². The predicted molar refractivity (Wildman–Crippen MR) is 31.0 cm³/mol. The van der Waals surface area contributed by atoms with Gasteiger partial charge in [-0.05, 0) is 0 Å². The summed E-state index contributed by atoms with van der Waals surface area (Å²) in [7, 11) is 0. The summed E-state index contributed by atoms with van der Waals surface area (Å²) in [5.74, 6) is 0. The number of rotatable bonds is 0. The van der Waals surface area contributed by atoms with Crippen molar-refractivity contribution in [1.29, 1.82) is 0 Å². The molecule has 1 radical (unpaired) electrons. The Bertz CT molecular complexity index is 80.5. The van der Waals surface area contributed by atoms with E-state index in [2.05, 4.69) is 6.07 Å². The van der Waals surface area contributed by atoms with Crippen molar-refractivity contribution in [2.45, 2.75) is 0 Å². The van der Waals surface area contributed by atoms with Gasteiger partial charge in [0.1, 0.15) is 0 Å². The first-order valence-corrected chi connectivity index (χ1v) is 1.91. The summed E-state index contributed by atoms with van der Waals surface area (Å²) in [5, 5.41) is 0. The van der Waals surface area contributed by atoms with Gasteiger partial charge in [0.05, 0.1) is 0 Å². The Kier molecular flexibility index (Phi) is 10.2. The van der Waals surface area contributed by atoms with Crippen LogP contribution in [0.2, 0.25) is 0 Å². The third kappa shape index (κ3) is 4.49. The van der Waals surface area contributed by atoms with Gasteiger partial charge in [-0.15, -0.1) is 0 Å². The van der Waals surface area contributed by atoms with Gasteiger partial charge in [0.2, 0.25) is 0 Å². The molecule has 0 spiro atoms. The third-order valence-corrected chi connectivity index (χ3v) is 0.607. The molecule has 0 saturated heterocycles. The summed E-state index contributed by atoms with van der Waals surface area (Å²) in [4.78, 5) is 0. The van der Waals surface area contributed by atoms with E-state index in [1.165, 1.54) is 0 Å². The summed E-state index contributed by atoms with van der Waals surface area (Å²) in [6.45, 7) is 0. The van der Waals surface area contributed by atoms with Gasteiger partial charge in [0, 0.05) is 18.9 Å². The SMILES string of the molecule is [Cu+].[Li].[c-]1ccccc1. The second-order valence-corrected chi connectivity index (χ2v) is 1.08. The maximum Gasteiger partial charge on any atom is 1.00 e. The van der Waals surface area contributed by atoms with Crippen LogP contribution in [0.4, 0.5) is 0 Å². The van der Waals surface area contributed by atoms with E-state index < -0.39 is 0 Å². The molecule has 0 nitrogen and oxygen atoms in total. The fourth-order valence-corrected chi connectivity index (χ4v) is 0.342. The van der Waals surface area contributed by atoms with Crippen LogP contribution in [-0.4, -0.2) is 18.9 Å². The maximum absolute atomic E-state index is 2.89. The van der Waals surface area contributed by atoms with Crippen LogP contribution in [0.5, 0.6) is 0 Å². The molecule has 41 valence electrons. The maximum atomic E-state index is 2.89. The molecular weight excluding hydrogens is 143 g/mol. The fourth-order valence-electron chi connectivity index (χ4n) is 0.342. The van der Waals surface area contributed by atoms with Crippen molar-refractivity contribution in [2.75, 3.05) is 0 Å². The minimum absolute atomic E-state index is 0. The van der Waals surface area contributed by atoms with Gasteiger partial charge in [-0.3, -0.25) is 0 Å². The number of hydrogen-bond acceptors (Lipinski definition) is 0. The molecule has 1 aromatic carbocycles. The number of benzene rings is 1. The number of hydrogen-bond donors (Lipinski definition) is 0. The largest absolute Gasteiger partial charge is 1.00 e. The first kappa shape index (κ1) is 11.2. The predicted octanol–water partition coefficient (Wildman–Crippen LogP) is 1.10. The van der Waals surface area contributed by atoms with E-state index in [0.717, 1.165) is 0 Å². The third-order valence-electron chi connectivity index (χ3n) is 0.607. The molecule has 0 unspecified atom stereocenters. The zero-order valence-corrected chi connectivity index (χ0v) is 5.63. The molecule has 0 aromatic heterocycles. The monoisotopic (exact) mass is 147 g/mol. The molecule has 0 N–H and O–H groups in total. The van der Waals surface area contributed by atoms with Crippen LogP contribution in [0.3, 0.4) is 0 Å². The molecule has 0 aliphatic carbocycles. The molecule has 0 atom stereocenters. The fraction of sp³-hybridized carbons (Fsp3) is 0. The second kappa shape index (κ2) is 7.34. The van der Waals surface area contributed by atoms with E-state index in [1.807, 2.05) is 30.3 Å². The second-order valence-electron chi connectivity index (χ2n) is 1.08. The van der Waals surface area contributed by atoms with Crippen molar-refractivity contribution in [3.05, 3.63) is 36.4 Å². The molecule has 8 heavy (non-hydrogen) atoms. The van der Waals surface area contributed by atoms with Crippen molar-refractivity contribution < 1.29 is 17.1 Å². The quantitative estimate of drug-likeness (QED) is 0.381. The van der Waals surface area contributed by atoms with E-state index >= 15 is 0 Å². The molecule has 0 bridgehead atoms. The Morgan fingerprint density at radius 1 is 0.875 bits per heavy atom. The van der Waals surface area contributed by atoms with Crippen LogP contribution >= 0.6 is 0 Å². The van der Waals surface area contributed by atoms with Crippen molar-refractivity contribution in [1.82, 2.24) is 0 Å². The van der Waals surface area contributed by atoms with Gasteiger partial charge in [-0.2, -0.15) is 36.4 Å². The Morgan fingerprint density at radius 3 is 1.50 bits per heavy atom. The van der Waals surface area contributed by atoms with E-state index in [9.17, 15) is 0 Å². The Balaban J connectivity index is 0. The Labute approximate surface area is 72.3 Å². The molecule has 1 rings (SSSR count). The standard InChI is InChI=1S/C6H5.Cu.Li/c1-2-4-6-5-3-1;;/h1-5H;;/q-1;+1;. The normalized spacial score (nSPS) is 6.00. The van der Waals surface area contributed by atoms with Crippen molar-refractivity contribution in [3.63, 3.8) is 0 Å². The van der Waals surface area contributed by atoms with Crippen LogP contribution in [0.1, 0.15) is 0 Å². The first-order chi connectivity index (χ1) is 3.00. The van der Waals surface area contributed by atoms with Gasteiger partial charge in [0.25, 0.3) is 0 Å². The van der Waals surface area contributed by atoms with Gasteiger partial charge in [-0.25, -0.2) is 0 Å².